The number of fused-ring (bicyclic) bond motifs is 1. The fourth-order valence-electron chi connectivity index (χ4n) is 3.04. The van der Waals surface area contributed by atoms with Crippen LogP contribution in [0, 0.1) is 10.1 Å². The van der Waals surface area contributed by atoms with Crippen molar-refractivity contribution in [3.05, 3.63) is 75.6 Å². The van der Waals surface area contributed by atoms with E-state index in [0.29, 0.717) is 18.0 Å². The lowest BCUT2D eigenvalue weighted by Gasteiger charge is -2.06. The molecule has 1 aromatic heterocycles. The van der Waals surface area contributed by atoms with Gasteiger partial charge in [-0.25, -0.2) is 4.68 Å². The lowest BCUT2D eigenvalue weighted by Crippen LogP contribution is -1.97. The Hall–Kier alpha value is -3.22. The number of benzene rings is 2. The predicted octanol–water partition coefficient (Wildman–Crippen LogP) is 3.24. The van der Waals surface area contributed by atoms with Crippen molar-refractivity contribution in [1.29, 1.82) is 0 Å². The fourth-order valence-corrected chi connectivity index (χ4v) is 3.04. The number of non-ortho nitro benzene ring substituents is 1. The van der Waals surface area contributed by atoms with Crippen LogP contribution in [-0.4, -0.2) is 19.9 Å². The van der Waals surface area contributed by atoms with E-state index in [1.54, 1.807) is 18.3 Å². The summed E-state index contributed by atoms with van der Waals surface area (Å²) in [5, 5.41) is 19.0. The Morgan fingerprint density at radius 2 is 2.04 bits per heavy atom. The topological polar surface area (TPSA) is 83.1 Å². The summed E-state index contributed by atoms with van der Waals surface area (Å²) in [6, 6.07) is 12.5. The van der Waals surface area contributed by atoms with Crippen molar-refractivity contribution in [2.75, 3.05) is 0 Å². The van der Waals surface area contributed by atoms with Gasteiger partial charge in [0.15, 0.2) is 0 Å². The van der Waals surface area contributed by atoms with Crippen molar-refractivity contribution in [3.63, 3.8) is 0 Å². The monoisotopic (exact) mass is 336 g/mol. The van der Waals surface area contributed by atoms with Crippen LogP contribution in [-0.2, 0) is 19.4 Å². The largest absolute Gasteiger partial charge is 0.487 e. The number of aryl methyl sites for hydroxylation is 2. The zero-order valence-electron chi connectivity index (χ0n) is 13.5. The highest BCUT2D eigenvalue weighted by Crippen LogP contribution is 2.26. The number of nitro groups is 1. The van der Waals surface area contributed by atoms with Crippen LogP contribution < -0.4 is 4.74 Å². The molecule has 3 aromatic rings. The van der Waals surface area contributed by atoms with E-state index in [1.807, 2.05) is 6.07 Å². The lowest BCUT2D eigenvalue weighted by atomic mass is 10.1. The van der Waals surface area contributed by atoms with Gasteiger partial charge in [-0.05, 0) is 48.6 Å². The van der Waals surface area contributed by atoms with Gasteiger partial charge >= 0.3 is 0 Å². The highest BCUT2D eigenvalue weighted by Gasteiger charge is 2.12. The Labute approximate surface area is 144 Å². The van der Waals surface area contributed by atoms with Gasteiger partial charge in [-0.15, -0.1) is 5.10 Å². The maximum Gasteiger partial charge on any atom is 0.271 e. The van der Waals surface area contributed by atoms with E-state index >= 15 is 0 Å². The smallest absolute Gasteiger partial charge is 0.271 e. The minimum atomic E-state index is -0.432. The summed E-state index contributed by atoms with van der Waals surface area (Å²) in [4.78, 5) is 10.4. The van der Waals surface area contributed by atoms with E-state index < -0.39 is 4.92 Å². The number of hydrogen-bond acceptors (Lipinski definition) is 5. The number of ether oxygens (including phenoxy) is 1. The number of rotatable bonds is 5. The molecule has 4 rings (SSSR count). The van der Waals surface area contributed by atoms with Gasteiger partial charge in [-0.1, -0.05) is 17.3 Å². The molecule has 0 unspecified atom stereocenters. The molecule has 126 valence electrons. The Balaban J connectivity index is 1.46. The van der Waals surface area contributed by atoms with E-state index in [2.05, 4.69) is 22.4 Å². The number of aromatic nitrogens is 3. The van der Waals surface area contributed by atoms with Crippen LogP contribution in [0.3, 0.4) is 0 Å². The molecule has 7 heteroatoms. The van der Waals surface area contributed by atoms with Gasteiger partial charge in [0.25, 0.3) is 5.69 Å². The van der Waals surface area contributed by atoms with Crippen LogP contribution in [0.15, 0.2) is 48.7 Å². The number of nitrogens with zero attached hydrogens (tertiary/aromatic N) is 4. The van der Waals surface area contributed by atoms with Gasteiger partial charge in [0, 0.05) is 12.1 Å². The molecule has 0 saturated carbocycles. The SMILES string of the molecule is O=[N+]([O-])c1cccc(-n2cc(COc3ccc4c(c3)CCC4)nn2)c1. The zero-order chi connectivity index (χ0) is 17.2. The van der Waals surface area contributed by atoms with Crippen LogP contribution >= 0.6 is 0 Å². The first-order chi connectivity index (χ1) is 12.2. The second-order valence-corrected chi connectivity index (χ2v) is 6.00. The van der Waals surface area contributed by atoms with Crippen molar-refractivity contribution in [2.24, 2.45) is 0 Å². The molecule has 1 aliphatic carbocycles. The first-order valence-electron chi connectivity index (χ1n) is 8.10. The van der Waals surface area contributed by atoms with Gasteiger partial charge < -0.3 is 4.74 Å². The van der Waals surface area contributed by atoms with Gasteiger partial charge in [-0.3, -0.25) is 10.1 Å². The second-order valence-electron chi connectivity index (χ2n) is 6.00. The zero-order valence-corrected chi connectivity index (χ0v) is 13.5. The molecule has 25 heavy (non-hydrogen) atoms. The Bertz CT molecular complexity index is 936. The number of nitro benzene ring substituents is 1. The summed E-state index contributed by atoms with van der Waals surface area (Å²) < 4.78 is 7.31. The molecule has 0 amide bonds. The van der Waals surface area contributed by atoms with Gasteiger partial charge in [0.2, 0.25) is 0 Å². The summed E-state index contributed by atoms with van der Waals surface area (Å²) in [5.74, 6) is 0.825. The highest BCUT2D eigenvalue weighted by atomic mass is 16.6. The molecule has 0 bridgehead atoms. The third-order valence-electron chi connectivity index (χ3n) is 4.30. The van der Waals surface area contributed by atoms with Gasteiger partial charge in [0.1, 0.15) is 18.1 Å². The maximum atomic E-state index is 10.9. The molecule has 1 aliphatic rings. The van der Waals surface area contributed by atoms with E-state index in [1.165, 1.54) is 34.4 Å². The minimum Gasteiger partial charge on any atom is -0.487 e. The van der Waals surface area contributed by atoms with Gasteiger partial charge in [-0.2, -0.15) is 0 Å². The Morgan fingerprint density at radius 3 is 2.92 bits per heavy atom. The van der Waals surface area contributed by atoms with E-state index in [4.69, 9.17) is 4.74 Å². The van der Waals surface area contributed by atoms with E-state index in [-0.39, 0.29) is 5.69 Å². The van der Waals surface area contributed by atoms with Crippen molar-refractivity contribution in [3.8, 4) is 11.4 Å². The third kappa shape index (κ3) is 3.21. The molecule has 2 aromatic carbocycles. The Kier molecular flexibility index (Phi) is 3.89. The van der Waals surface area contributed by atoms with Crippen molar-refractivity contribution in [2.45, 2.75) is 25.9 Å². The molecule has 0 aliphatic heterocycles. The van der Waals surface area contributed by atoms with Crippen LogP contribution in [0.4, 0.5) is 5.69 Å². The normalized spacial score (nSPS) is 12.8. The molecule has 0 radical (unpaired) electrons. The highest BCUT2D eigenvalue weighted by molar-refractivity contribution is 5.42. The molecule has 0 saturated heterocycles. The summed E-state index contributed by atoms with van der Waals surface area (Å²) >= 11 is 0. The molecular weight excluding hydrogens is 320 g/mol. The Morgan fingerprint density at radius 1 is 1.16 bits per heavy atom. The molecular formula is C18H16N4O3. The lowest BCUT2D eigenvalue weighted by molar-refractivity contribution is -0.384. The number of hydrogen-bond donors (Lipinski definition) is 0. The average Bonchev–Trinajstić information content (AvgIpc) is 3.29. The quantitative estimate of drug-likeness (QED) is 0.527. The van der Waals surface area contributed by atoms with Crippen molar-refractivity contribution >= 4 is 5.69 Å². The standard InChI is InChI=1S/C18H16N4O3/c23-22(24)17-6-2-5-16(10-17)21-11-15(19-20-21)12-25-18-8-7-13-3-1-4-14(13)9-18/h2,5-11H,1,3-4,12H2. The van der Waals surface area contributed by atoms with Crippen molar-refractivity contribution in [1.82, 2.24) is 15.0 Å². The van der Waals surface area contributed by atoms with E-state index in [9.17, 15) is 10.1 Å². The predicted molar refractivity (Wildman–Crippen MR) is 90.8 cm³/mol. The first-order valence-corrected chi connectivity index (χ1v) is 8.10. The molecule has 0 atom stereocenters. The molecule has 1 heterocycles. The average molecular weight is 336 g/mol. The summed E-state index contributed by atoms with van der Waals surface area (Å²) in [7, 11) is 0. The third-order valence-corrected chi connectivity index (χ3v) is 4.30. The van der Waals surface area contributed by atoms with E-state index in [0.717, 1.165) is 18.6 Å². The minimum absolute atomic E-state index is 0.0175. The molecule has 7 nitrogen and oxygen atoms in total. The fraction of sp³-hybridized carbons (Fsp3) is 0.222. The van der Waals surface area contributed by atoms with Crippen LogP contribution in [0.2, 0.25) is 0 Å². The summed E-state index contributed by atoms with van der Waals surface area (Å²) in [6.07, 6.45) is 5.17. The summed E-state index contributed by atoms with van der Waals surface area (Å²) in [5.41, 5.74) is 4.03. The van der Waals surface area contributed by atoms with Gasteiger partial charge in [0.05, 0.1) is 16.8 Å². The second kappa shape index (κ2) is 6.35. The van der Waals surface area contributed by atoms with Crippen LogP contribution in [0.25, 0.3) is 5.69 Å². The molecule has 0 spiro atoms. The first kappa shape index (κ1) is 15.3. The van der Waals surface area contributed by atoms with Crippen LogP contribution in [0.5, 0.6) is 5.75 Å². The maximum absolute atomic E-state index is 10.9. The van der Waals surface area contributed by atoms with Crippen molar-refractivity contribution < 1.29 is 9.66 Å². The summed E-state index contributed by atoms with van der Waals surface area (Å²) in [6.45, 7) is 0.299. The molecule has 0 fully saturated rings. The van der Waals surface area contributed by atoms with Crippen LogP contribution in [0.1, 0.15) is 23.2 Å². The molecule has 0 N–H and O–H groups in total.